The van der Waals surface area contributed by atoms with Crippen molar-refractivity contribution in [2.24, 2.45) is 16.4 Å². The minimum absolute atomic E-state index is 0.138. The summed E-state index contributed by atoms with van der Waals surface area (Å²) in [5.74, 6) is -0.873. The Morgan fingerprint density at radius 2 is 1.61 bits per heavy atom. The number of carbonyl (C=O) groups is 2. The summed E-state index contributed by atoms with van der Waals surface area (Å²) in [7, 11) is 0. The van der Waals surface area contributed by atoms with E-state index in [2.05, 4.69) is 5.32 Å². The molecule has 0 radical (unpaired) electrons. The van der Waals surface area contributed by atoms with Gasteiger partial charge in [-0.25, -0.2) is 4.79 Å². The van der Waals surface area contributed by atoms with Gasteiger partial charge in [-0.05, 0) is 36.1 Å². The Morgan fingerprint density at radius 3 is 2.24 bits per heavy atom. The van der Waals surface area contributed by atoms with Crippen LogP contribution in [0.5, 0.6) is 0 Å². The maximum atomic E-state index is 14.4. The van der Waals surface area contributed by atoms with Gasteiger partial charge in [-0.15, -0.1) is 0 Å². The summed E-state index contributed by atoms with van der Waals surface area (Å²) in [6.45, 7) is 6.75. The number of hydrogen-bond donors (Lipinski definition) is 1. The number of hydrazone groups is 1. The van der Waals surface area contributed by atoms with E-state index < -0.39 is 17.3 Å². The first-order valence-electron chi connectivity index (χ1n) is 13.1. The summed E-state index contributed by atoms with van der Waals surface area (Å²) in [4.78, 5) is 28.2. The minimum atomic E-state index is -1.04. The zero-order valence-electron chi connectivity index (χ0n) is 22.1. The number of esters is 1. The number of hydrogen-bond acceptors (Lipinski definition) is 5. The second kappa shape index (κ2) is 10.7. The molecule has 2 unspecified atom stereocenters. The monoisotopic (exact) mass is 507 g/mol. The molecule has 0 saturated heterocycles. The Balaban J connectivity index is 1.61. The third-order valence-corrected chi connectivity index (χ3v) is 7.28. The molecule has 38 heavy (non-hydrogen) atoms. The third kappa shape index (κ3) is 4.62. The summed E-state index contributed by atoms with van der Waals surface area (Å²) >= 11 is 0. The minimum Gasteiger partial charge on any atom is -0.462 e. The standard InChI is InChI=1S/C32H33N3O3/c1-22(2)21-38-30(36)28-27(33-20-24-13-7-4-8-14-24)19-32(29(28)25-15-9-5-10-16-25)23(3)34-35(31(32)37)26-17-11-6-12-18-26/h4-18,22,29,33H,19-21H2,1-3H3. The zero-order valence-corrected chi connectivity index (χ0v) is 22.1. The van der Waals surface area contributed by atoms with Crippen LogP contribution >= 0.6 is 0 Å². The van der Waals surface area contributed by atoms with Crippen LogP contribution in [0.15, 0.2) is 107 Å². The third-order valence-electron chi connectivity index (χ3n) is 7.28. The molecule has 1 aliphatic heterocycles. The quantitative estimate of drug-likeness (QED) is 0.390. The van der Waals surface area contributed by atoms with E-state index in [4.69, 9.17) is 9.84 Å². The number of anilines is 1. The van der Waals surface area contributed by atoms with Gasteiger partial charge in [0.05, 0.1) is 23.6 Å². The number of allylic oxidation sites excluding steroid dienone is 1. The molecular formula is C32H33N3O3. The number of para-hydroxylation sites is 1. The highest BCUT2D eigenvalue weighted by Crippen LogP contribution is 2.56. The topological polar surface area (TPSA) is 71.0 Å². The molecule has 1 N–H and O–H groups in total. The molecule has 3 aromatic rings. The SMILES string of the molecule is CC1=NN(c2ccccc2)C(=O)C12CC(NCc1ccccc1)=C(C(=O)OCC(C)C)C2c1ccccc1. The summed E-state index contributed by atoms with van der Waals surface area (Å²) < 4.78 is 5.80. The lowest BCUT2D eigenvalue weighted by Gasteiger charge is -2.32. The Hall–Kier alpha value is -4.19. The Kier molecular flexibility index (Phi) is 7.14. The Bertz CT molecular complexity index is 1370. The van der Waals surface area contributed by atoms with E-state index in [1.165, 1.54) is 5.01 Å². The molecule has 0 saturated carbocycles. The van der Waals surface area contributed by atoms with Crippen LogP contribution in [0.3, 0.4) is 0 Å². The lowest BCUT2D eigenvalue weighted by molar-refractivity contribution is -0.140. The number of ether oxygens (including phenoxy) is 1. The van der Waals surface area contributed by atoms with Crippen LogP contribution in [0.25, 0.3) is 0 Å². The van der Waals surface area contributed by atoms with E-state index in [0.717, 1.165) is 16.8 Å². The van der Waals surface area contributed by atoms with Crippen molar-refractivity contribution in [2.45, 2.75) is 39.7 Å². The Labute approximate surface area is 224 Å². The van der Waals surface area contributed by atoms with Crippen LogP contribution in [0, 0.1) is 11.3 Å². The van der Waals surface area contributed by atoms with Crippen molar-refractivity contribution in [1.82, 2.24) is 5.32 Å². The summed E-state index contributed by atoms with van der Waals surface area (Å²) in [6.07, 6.45) is 0.336. The van der Waals surface area contributed by atoms with E-state index >= 15 is 0 Å². The smallest absolute Gasteiger partial charge is 0.336 e. The van der Waals surface area contributed by atoms with Crippen LogP contribution in [0.1, 0.15) is 44.2 Å². The molecule has 1 heterocycles. The summed E-state index contributed by atoms with van der Waals surface area (Å²) in [6, 6.07) is 29.2. The first kappa shape index (κ1) is 25.5. The highest BCUT2D eigenvalue weighted by atomic mass is 16.5. The van der Waals surface area contributed by atoms with Crippen molar-refractivity contribution in [3.05, 3.63) is 113 Å². The van der Waals surface area contributed by atoms with E-state index in [1.54, 1.807) is 0 Å². The highest BCUT2D eigenvalue weighted by Gasteiger charge is 2.61. The van der Waals surface area contributed by atoms with Gasteiger partial charge >= 0.3 is 5.97 Å². The van der Waals surface area contributed by atoms with Gasteiger partial charge < -0.3 is 10.1 Å². The van der Waals surface area contributed by atoms with E-state index in [-0.39, 0.29) is 11.8 Å². The van der Waals surface area contributed by atoms with Crippen LogP contribution < -0.4 is 10.3 Å². The molecule has 0 bridgehead atoms. The van der Waals surface area contributed by atoms with Crippen LogP contribution in [-0.4, -0.2) is 24.2 Å². The molecular weight excluding hydrogens is 474 g/mol. The second-order valence-electron chi connectivity index (χ2n) is 10.4. The predicted octanol–water partition coefficient (Wildman–Crippen LogP) is 5.83. The second-order valence-corrected chi connectivity index (χ2v) is 10.4. The maximum Gasteiger partial charge on any atom is 0.336 e. The van der Waals surface area contributed by atoms with Crippen molar-refractivity contribution in [3.8, 4) is 0 Å². The molecule has 5 rings (SSSR count). The number of amides is 1. The van der Waals surface area contributed by atoms with E-state index in [9.17, 15) is 9.59 Å². The van der Waals surface area contributed by atoms with E-state index in [0.29, 0.717) is 36.5 Å². The number of benzene rings is 3. The predicted molar refractivity (Wildman–Crippen MR) is 149 cm³/mol. The Morgan fingerprint density at radius 1 is 1.00 bits per heavy atom. The molecule has 0 aromatic heterocycles. The fourth-order valence-electron chi connectivity index (χ4n) is 5.43. The average molecular weight is 508 g/mol. The van der Waals surface area contributed by atoms with Crippen LogP contribution in [0.4, 0.5) is 5.69 Å². The van der Waals surface area contributed by atoms with Crippen LogP contribution in [-0.2, 0) is 20.9 Å². The molecule has 1 aliphatic carbocycles. The molecule has 194 valence electrons. The van der Waals surface area contributed by atoms with Crippen molar-refractivity contribution >= 4 is 23.3 Å². The van der Waals surface area contributed by atoms with Gasteiger partial charge in [0, 0.05) is 24.6 Å². The molecule has 1 spiro atoms. The molecule has 2 aliphatic rings. The van der Waals surface area contributed by atoms with Crippen LogP contribution in [0.2, 0.25) is 0 Å². The zero-order chi connectivity index (χ0) is 26.7. The first-order chi connectivity index (χ1) is 18.4. The molecule has 6 heteroatoms. The number of nitrogens with one attached hydrogen (secondary N) is 1. The van der Waals surface area contributed by atoms with Gasteiger partial charge in [-0.3, -0.25) is 4.79 Å². The van der Waals surface area contributed by atoms with Gasteiger partial charge in [-0.1, -0.05) is 92.7 Å². The molecule has 6 nitrogen and oxygen atoms in total. The normalized spacial score (nSPS) is 20.8. The molecule has 0 fully saturated rings. The lowest BCUT2D eigenvalue weighted by atomic mass is 9.68. The van der Waals surface area contributed by atoms with Gasteiger partial charge in [0.1, 0.15) is 5.41 Å². The fourth-order valence-corrected chi connectivity index (χ4v) is 5.43. The van der Waals surface area contributed by atoms with Crippen molar-refractivity contribution in [2.75, 3.05) is 11.6 Å². The number of rotatable bonds is 8. The van der Waals surface area contributed by atoms with Crippen molar-refractivity contribution in [1.29, 1.82) is 0 Å². The number of nitrogens with zero attached hydrogens (tertiary/aromatic N) is 2. The van der Waals surface area contributed by atoms with Gasteiger partial charge in [0.2, 0.25) is 0 Å². The molecule has 1 amide bonds. The average Bonchev–Trinajstić information content (AvgIpc) is 3.42. The number of carbonyl (C=O) groups excluding carboxylic acids is 2. The largest absolute Gasteiger partial charge is 0.462 e. The summed E-state index contributed by atoms with van der Waals surface area (Å²) in [5.41, 5.74) is 3.56. The van der Waals surface area contributed by atoms with E-state index in [1.807, 2.05) is 112 Å². The molecule has 2 atom stereocenters. The van der Waals surface area contributed by atoms with Gasteiger partial charge in [-0.2, -0.15) is 10.1 Å². The fraction of sp³-hybridized carbons (Fsp3) is 0.281. The lowest BCUT2D eigenvalue weighted by Crippen LogP contribution is -2.43. The van der Waals surface area contributed by atoms with Gasteiger partial charge in [0.15, 0.2) is 0 Å². The van der Waals surface area contributed by atoms with Crippen molar-refractivity contribution in [3.63, 3.8) is 0 Å². The molecule has 3 aromatic carbocycles. The maximum absolute atomic E-state index is 14.4. The highest BCUT2D eigenvalue weighted by molar-refractivity contribution is 6.21. The van der Waals surface area contributed by atoms with Gasteiger partial charge in [0.25, 0.3) is 5.91 Å². The van der Waals surface area contributed by atoms with Crippen molar-refractivity contribution < 1.29 is 14.3 Å². The summed E-state index contributed by atoms with van der Waals surface area (Å²) in [5, 5.41) is 9.77. The first-order valence-corrected chi connectivity index (χ1v) is 13.1.